The molecule has 0 unspecified atom stereocenters. The topological polar surface area (TPSA) is 38.0 Å². The predicted octanol–water partition coefficient (Wildman–Crippen LogP) is 2.30. The maximum absolute atomic E-state index is 6.39. The highest BCUT2D eigenvalue weighted by atomic mass is 35.5. The van der Waals surface area contributed by atoms with Crippen LogP contribution in [0.15, 0.2) is 22.8 Å². The number of rotatable bonds is 2. The van der Waals surface area contributed by atoms with E-state index in [1.165, 1.54) is 5.57 Å². The van der Waals surface area contributed by atoms with E-state index in [1.54, 1.807) is 0 Å². The lowest BCUT2D eigenvalue weighted by atomic mass is 9.81. The summed E-state index contributed by atoms with van der Waals surface area (Å²) >= 11 is 5.93. The van der Waals surface area contributed by atoms with Gasteiger partial charge in [-0.1, -0.05) is 23.3 Å². The molecule has 2 aliphatic rings. The van der Waals surface area contributed by atoms with Crippen molar-refractivity contribution in [3.8, 4) is 0 Å². The Morgan fingerprint density at radius 3 is 2.60 bits per heavy atom. The van der Waals surface area contributed by atoms with E-state index in [1.807, 2.05) is 6.08 Å². The average molecular weight is 227 g/mol. The molecule has 1 saturated heterocycles. The van der Waals surface area contributed by atoms with E-state index < -0.39 is 0 Å². The number of halogens is 1. The summed E-state index contributed by atoms with van der Waals surface area (Å²) in [6.07, 6.45) is 9.45. The van der Waals surface area contributed by atoms with Crippen LogP contribution in [-0.4, -0.2) is 18.6 Å². The minimum absolute atomic E-state index is 0.0226. The average Bonchev–Trinajstić information content (AvgIpc) is 2.22. The van der Waals surface area contributed by atoms with Gasteiger partial charge in [0.1, 0.15) is 0 Å². The first kappa shape index (κ1) is 11.2. The molecule has 1 heterocycles. The van der Waals surface area contributed by atoms with Gasteiger partial charge in [0, 0.05) is 10.6 Å². The van der Waals surface area contributed by atoms with Gasteiger partial charge in [-0.3, -0.25) is 0 Å². The van der Waals surface area contributed by atoms with Crippen molar-refractivity contribution in [1.82, 2.24) is 5.32 Å². The van der Waals surface area contributed by atoms with Gasteiger partial charge in [-0.2, -0.15) is 0 Å². The Bertz CT molecular complexity index is 288. The molecular weight excluding hydrogens is 208 g/mol. The van der Waals surface area contributed by atoms with Crippen LogP contribution in [0.3, 0.4) is 0 Å². The number of piperidine rings is 1. The van der Waals surface area contributed by atoms with E-state index in [-0.39, 0.29) is 5.54 Å². The molecule has 3 heteroatoms. The summed E-state index contributed by atoms with van der Waals surface area (Å²) in [5, 5.41) is 4.32. The normalized spacial score (nSPS) is 25.7. The summed E-state index contributed by atoms with van der Waals surface area (Å²) in [6, 6.07) is 0. The van der Waals surface area contributed by atoms with Gasteiger partial charge in [0.25, 0.3) is 0 Å². The third-order valence-corrected chi connectivity index (χ3v) is 3.68. The fourth-order valence-electron chi connectivity index (χ4n) is 2.36. The highest BCUT2D eigenvalue weighted by Crippen LogP contribution is 2.29. The quantitative estimate of drug-likeness (QED) is 0.759. The van der Waals surface area contributed by atoms with Crippen LogP contribution in [0.25, 0.3) is 0 Å². The lowest BCUT2D eigenvalue weighted by Gasteiger charge is -2.35. The van der Waals surface area contributed by atoms with E-state index >= 15 is 0 Å². The molecule has 1 aliphatic heterocycles. The van der Waals surface area contributed by atoms with Gasteiger partial charge in [-0.15, -0.1) is 0 Å². The molecule has 1 fully saturated rings. The first-order valence-electron chi connectivity index (χ1n) is 5.72. The molecule has 0 aromatic heterocycles. The summed E-state index contributed by atoms with van der Waals surface area (Å²) < 4.78 is 0. The fourth-order valence-corrected chi connectivity index (χ4v) is 2.51. The van der Waals surface area contributed by atoms with Crippen molar-refractivity contribution in [2.75, 3.05) is 13.1 Å². The molecule has 0 radical (unpaired) electrons. The molecule has 0 bridgehead atoms. The molecule has 15 heavy (non-hydrogen) atoms. The van der Waals surface area contributed by atoms with Crippen LogP contribution in [0.4, 0.5) is 0 Å². The van der Waals surface area contributed by atoms with Crippen LogP contribution in [0.2, 0.25) is 0 Å². The largest absolute Gasteiger partial charge is 0.325 e. The Kier molecular flexibility index (Phi) is 3.49. The summed E-state index contributed by atoms with van der Waals surface area (Å²) in [5.74, 6) is 0. The van der Waals surface area contributed by atoms with Crippen molar-refractivity contribution in [2.24, 2.45) is 5.73 Å². The van der Waals surface area contributed by atoms with Crippen LogP contribution in [0, 0.1) is 0 Å². The number of allylic oxidation sites excluding steroid dienone is 3. The lowest BCUT2D eigenvalue weighted by Crippen LogP contribution is -2.49. The first-order chi connectivity index (χ1) is 7.18. The zero-order valence-corrected chi connectivity index (χ0v) is 9.82. The maximum atomic E-state index is 6.39. The molecule has 2 nitrogen and oxygen atoms in total. The third kappa shape index (κ3) is 3.07. The maximum Gasteiger partial charge on any atom is 0.0216 e. The van der Waals surface area contributed by atoms with Gasteiger partial charge in [0.15, 0.2) is 0 Å². The van der Waals surface area contributed by atoms with Crippen LogP contribution in [0.1, 0.15) is 32.1 Å². The number of nitrogens with two attached hydrogens (primary N) is 1. The molecule has 84 valence electrons. The van der Waals surface area contributed by atoms with Crippen molar-refractivity contribution >= 4 is 11.6 Å². The van der Waals surface area contributed by atoms with Gasteiger partial charge in [0.05, 0.1) is 0 Å². The van der Waals surface area contributed by atoms with Crippen molar-refractivity contribution < 1.29 is 0 Å². The summed E-state index contributed by atoms with van der Waals surface area (Å²) in [6.45, 7) is 2.11. The molecule has 0 amide bonds. The number of hydrogen-bond acceptors (Lipinski definition) is 2. The van der Waals surface area contributed by atoms with Crippen molar-refractivity contribution in [2.45, 2.75) is 37.6 Å². The Hall–Kier alpha value is -0.310. The SMILES string of the molecule is NC1(CC2=CC=C(Cl)CC2)CCNCC1. The zero-order chi connectivity index (χ0) is 10.7. The highest BCUT2D eigenvalue weighted by molar-refractivity contribution is 6.29. The second-order valence-corrected chi connectivity index (χ2v) is 5.21. The van der Waals surface area contributed by atoms with E-state index in [2.05, 4.69) is 11.4 Å². The van der Waals surface area contributed by atoms with Crippen LogP contribution >= 0.6 is 11.6 Å². The van der Waals surface area contributed by atoms with Gasteiger partial charge < -0.3 is 11.1 Å². The highest BCUT2D eigenvalue weighted by Gasteiger charge is 2.28. The molecule has 0 aromatic carbocycles. The minimum Gasteiger partial charge on any atom is -0.325 e. The monoisotopic (exact) mass is 226 g/mol. The Labute approximate surface area is 96.6 Å². The van der Waals surface area contributed by atoms with Gasteiger partial charge in [0.2, 0.25) is 0 Å². The predicted molar refractivity (Wildman–Crippen MR) is 64.9 cm³/mol. The first-order valence-corrected chi connectivity index (χ1v) is 6.09. The Morgan fingerprint density at radius 1 is 1.27 bits per heavy atom. The fraction of sp³-hybridized carbons (Fsp3) is 0.667. The number of hydrogen-bond donors (Lipinski definition) is 2. The second kappa shape index (κ2) is 4.69. The number of nitrogens with one attached hydrogen (secondary N) is 1. The molecule has 3 N–H and O–H groups in total. The van der Waals surface area contributed by atoms with E-state index in [4.69, 9.17) is 17.3 Å². The van der Waals surface area contributed by atoms with E-state index in [0.717, 1.165) is 50.2 Å². The summed E-state index contributed by atoms with van der Waals surface area (Å²) in [7, 11) is 0. The van der Waals surface area contributed by atoms with E-state index in [9.17, 15) is 0 Å². The summed E-state index contributed by atoms with van der Waals surface area (Å²) in [5.41, 5.74) is 7.87. The lowest BCUT2D eigenvalue weighted by molar-refractivity contribution is 0.305. The molecular formula is C12H19ClN2. The molecule has 0 saturated carbocycles. The van der Waals surface area contributed by atoms with Gasteiger partial charge in [-0.25, -0.2) is 0 Å². The Morgan fingerprint density at radius 2 is 2.00 bits per heavy atom. The Balaban J connectivity index is 1.96. The van der Waals surface area contributed by atoms with Crippen molar-refractivity contribution in [3.63, 3.8) is 0 Å². The standard InChI is InChI=1S/C12H19ClN2/c13-11-3-1-10(2-4-11)9-12(14)5-7-15-8-6-12/h1,3,15H,2,4-9,14H2. The van der Waals surface area contributed by atoms with Crippen LogP contribution in [0.5, 0.6) is 0 Å². The van der Waals surface area contributed by atoms with Gasteiger partial charge in [-0.05, 0) is 51.3 Å². The van der Waals surface area contributed by atoms with Crippen LogP contribution in [-0.2, 0) is 0 Å². The van der Waals surface area contributed by atoms with Crippen molar-refractivity contribution in [3.05, 3.63) is 22.8 Å². The molecule has 0 atom stereocenters. The minimum atomic E-state index is 0.0226. The van der Waals surface area contributed by atoms with Crippen LogP contribution < -0.4 is 11.1 Å². The molecule has 1 aliphatic carbocycles. The molecule has 0 aromatic rings. The second-order valence-electron chi connectivity index (χ2n) is 4.73. The summed E-state index contributed by atoms with van der Waals surface area (Å²) in [4.78, 5) is 0. The zero-order valence-electron chi connectivity index (χ0n) is 9.06. The smallest absolute Gasteiger partial charge is 0.0216 e. The van der Waals surface area contributed by atoms with E-state index in [0.29, 0.717) is 0 Å². The third-order valence-electron chi connectivity index (χ3n) is 3.36. The molecule has 0 spiro atoms. The van der Waals surface area contributed by atoms with Gasteiger partial charge >= 0.3 is 0 Å². The van der Waals surface area contributed by atoms with Crippen molar-refractivity contribution in [1.29, 1.82) is 0 Å². The molecule has 2 rings (SSSR count).